The Hall–Kier alpha value is -4.37. The fourth-order valence-electron chi connectivity index (χ4n) is 17.0. The van der Waals surface area contributed by atoms with E-state index in [1.807, 2.05) is 6.08 Å². The number of carbonyl (C=O) groups is 5. The van der Waals surface area contributed by atoms with Gasteiger partial charge >= 0.3 is 5.97 Å². The van der Waals surface area contributed by atoms with E-state index in [1.54, 1.807) is 6.08 Å². The van der Waals surface area contributed by atoms with Crippen molar-refractivity contribution in [3.63, 3.8) is 0 Å². The first-order valence-electron chi connectivity index (χ1n) is 46.2. The van der Waals surface area contributed by atoms with Crippen LogP contribution >= 0.6 is 0 Å². The van der Waals surface area contributed by atoms with E-state index in [2.05, 4.69) is 47.3 Å². The number of hydrogen-bond acceptors (Lipinski definition) is 35. The molecule has 738 valence electrons. The molecule has 6 aliphatic rings. The highest BCUT2D eigenvalue weighted by molar-refractivity contribution is 5.77. The molecule has 12 unspecified atom stereocenters. The number of hydrogen-bond donors (Lipinski definition) is 23. The van der Waals surface area contributed by atoms with Crippen LogP contribution in [0.4, 0.5) is 0 Å². The predicted molar refractivity (Wildman–Crippen MR) is 450 cm³/mol. The molecule has 6 fully saturated rings. The van der Waals surface area contributed by atoms with E-state index in [0.717, 1.165) is 85.0 Å². The zero-order valence-corrected chi connectivity index (χ0v) is 74.5. The van der Waals surface area contributed by atoms with E-state index in [0.29, 0.717) is 12.8 Å². The predicted octanol–water partition coefficient (Wildman–Crippen LogP) is -0.958. The van der Waals surface area contributed by atoms with Crippen LogP contribution in [0.2, 0.25) is 0 Å². The Kier molecular flexibility index (Phi) is 52.1. The minimum Gasteiger partial charge on any atom is -0.477 e. The highest BCUT2D eigenvalue weighted by atomic mass is 16.8. The topological polar surface area (TPSA) is 629 Å². The van der Waals surface area contributed by atoms with Gasteiger partial charge in [-0.15, -0.1) is 0 Å². The molecule has 40 nitrogen and oxygen atoms in total. The molecular formula is C87H154N4O36. The summed E-state index contributed by atoms with van der Waals surface area (Å²) in [6.07, 6.45) is -16.1. The highest BCUT2D eigenvalue weighted by Gasteiger charge is 2.62. The van der Waals surface area contributed by atoms with Crippen molar-refractivity contribution < 1.29 is 178 Å². The number of amides is 4. The molecule has 40 heteroatoms. The van der Waals surface area contributed by atoms with Crippen LogP contribution in [0, 0.1) is 0 Å². The number of rotatable bonds is 61. The van der Waals surface area contributed by atoms with E-state index >= 15 is 0 Å². The van der Waals surface area contributed by atoms with Crippen molar-refractivity contribution in [2.45, 2.75) is 448 Å². The number of carboxylic acid groups (broad SMARTS) is 1. The van der Waals surface area contributed by atoms with Crippen molar-refractivity contribution >= 4 is 29.6 Å². The first-order chi connectivity index (χ1) is 60.9. The van der Waals surface area contributed by atoms with Crippen molar-refractivity contribution in [1.29, 1.82) is 0 Å². The number of ether oxygens (including phenoxy) is 12. The monoisotopic (exact) mass is 1830 g/mol. The van der Waals surface area contributed by atoms with Gasteiger partial charge in [-0.2, -0.15) is 0 Å². The molecule has 0 bridgehead atoms. The molecule has 23 N–H and O–H groups in total. The fourth-order valence-corrected chi connectivity index (χ4v) is 17.0. The maximum Gasteiger partial charge on any atom is 0.364 e. The summed E-state index contributed by atoms with van der Waals surface area (Å²) in [5.74, 6) is -8.41. The Bertz CT molecular complexity index is 3120. The number of carboxylic acids is 1. The molecule has 0 aromatic carbocycles. The molecule has 33 atom stereocenters. The number of aliphatic hydroxyl groups is 18. The van der Waals surface area contributed by atoms with Crippen molar-refractivity contribution in [2.75, 3.05) is 46.2 Å². The average molecular weight is 1830 g/mol. The third-order valence-corrected chi connectivity index (χ3v) is 24.3. The smallest absolute Gasteiger partial charge is 0.364 e. The van der Waals surface area contributed by atoms with E-state index in [1.165, 1.54) is 122 Å². The summed E-state index contributed by atoms with van der Waals surface area (Å²) in [5, 5.41) is 224. The summed E-state index contributed by atoms with van der Waals surface area (Å²) < 4.78 is 72.6. The van der Waals surface area contributed by atoms with Crippen LogP contribution in [-0.4, -0.2) is 375 Å². The van der Waals surface area contributed by atoms with Gasteiger partial charge in [-0.3, -0.25) is 19.2 Å². The first-order valence-corrected chi connectivity index (χ1v) is 46.2. The van der Waals surface area contributed by atoms with Crippen LogP contribution in [0.15, 0.2) is 24.3 Å². The summed E-state index contributed by atoms with van der Waals surface area (Å²) in [4.78, 5) is 65.3. The summed E-state index contributed by atoms with van der Waals surface area (Å²) in [6, 6.07) is -6.63. The Morgan fingerprint density at radius 1 is 0.409 bits per heavy atom. The second kappa shape index (κ2) is 59.4. The molecule has 6 heterocycles. The fraction of sp³-hybridized carbons (Fsp3) is 0.897. The number of carbonyl (C=O) groups excluding carboxylic acids is 4. The van der Waals surface area contributed by atoms with Gasteiger partial charge in [0, 0.05) is 33.6 Å². The van der Waals surface area contributed by atoms with Crippen LogP contribution < -0.4 is 21.3 Å². The molecule has 6 rings (SSSR count). The Balaban J connectivity index is 1.19. The maximum absolute atomic E-state index is 13.7. The molecule has 127 heavy (non-hydrogen) atoms. The molecule has 0 aromatic rings. The van der Waals surface area contributed by atoms with Crippen LogP contribution in [-0.2, 0) is 80.8 Å². The van der Waals surface area contributed by atoms with Gasteiger partial charge in [-0.05, 0) is 44.9 Å². The average Bonchev–Trinajstić information content (AvgIpc) is 0.762. The maximum atomic E-state index is 13.7. The van der Waals surface area contributed by atoms with Gasteiger partial charge in [0.15, 0.2) is 31.5 Å². The minimum absolute atomic E-state index is 0.127. The number of allylic oxidation sites excluding steroid dienone is 3. The van der Waals surface area contributed by atoms with Crippen molar-refractivity contribution in [1.82, 2.24) is 21.3 Å². The van der Waals surface area contributed by atoms with Gasteiger partial charge in [-0.1, -0.05) is 192 Å². The number of aliphatic carboxylic acids is 1. The summed E-state index contributed by atoms with van der Waals surface area (Å²) >= 11 is 0. The normalized spacial score (nSPS) is 34.7. The van der Waals surface area contributed by atoms with Crippen molar-refractivity contribution in [3.8, 4) is 0 Å². The third kappa shape index (κ3) is 34.8. The van der Waals surface area contributed by atoms with E-state index in [4.69, 9.17) is 56.8 Å². The molecule has 0 radical (unpaired) electrons. The number of aliphatic hydroxyl groups excluding tert-OH is 18. The van der Waals surface area contributed by atoms with E-state index in [-0.39, 0.29) is 12.3 Å². The molecule has 6 aliphatic heterocycles. The van der Waals surface area contributed by atoms with E-state index < -0.39 is 278 Å². The largest absolute Gasteiger partial charge is 0.477 e. The molecule has 6 saturated heterocycles. The van der Waals surface area contributed by atoms with Gasteiger partial charge in [0.1, 0.15) is 140 Å². The summed E-state index contributed by atoms with van der Waals surface area (Å²) in [6.45, 7) is 0.110. The number of unbranched alkanes of at least 4 members (excludes halogenated alkanes) is 28. The number of nitrogens with one attached hydrogen (secondary N) is 4. The molecule has 0 aliphatic carbocycles. The Labute approximate surface area is 744 Å². The van der Waals surface area contributed by atoms with Gasteiger partial charge in [-0.25, -0.2) is 4.79 Å². The molecule has 0 saturated carbocycles. The third-order valence-electron chi connectivity index (χ3n) is 24.3. The highest BCUT2D eigenvalue weighted by Crippen LogP contribution is 2.41. The summed E-state index contributed by atoms with van der Waals surface area (Å²) in [7, 11) is 0. The molecule has 4 amide bonds. The lowest BCUT2D eigenvalue weighted by atomic mass is 9.88. The second-order valence-electron chi connectivity index (χ2n) is 34.6. The Morgan fingerprint density at radius 3 is 1.27 bits per heavy atom. The molecule has 0 spiro atoms. The second-order valence-corrected chi connectivity index (χ2v) is 34.6. The Morgan fingerprint density at radius 2 is 0.795 bits per heavy atom. The minimum atomic E-state index is -3.26. The quantitative estimate of drug-likeness (QED) is 0.0258. The van der Waals surface area contributed by atoms with Crippen molar-refractivity contribution in [3.05, 3.63) is 24.3 Å². The van der Waals surface area contributed by atoms with E-state index in [9.17, 15) is 121 Å². The van der Waals surface area contributed by atoms with Gasteiger partial charge < -0.3 is 175 Å². The van der Waals surface area contributed by atoms with Crippen molar-refractivity contribution in [2.24, 2.45) is 0 Å². The zero-order valence-electron chi connectivity index (χ0n) is 74.5. The van der Waals surface area contributed by atoms with Crippen LogP contribution in [0.3, 0.4) is 0 Å². The van der Waals surface area contributed by atoms with Gasteiger partial charge in [0.25, 0.3) is 5.79 Å². The van der Waals surface area contributed by atoms with Crippen LogP contribution in [0.25, 0.3) is 0 Å². The SMILES string of the molecule is CCCCCCCC/C=C\CCCCCCCCCCCCCC(=O)N[C@@H](CO[C@@H]1OC(CO)[C@@H](O[C@@H]2OC(CO)[C@H](O[C@@H]3OC(CO)[C@H](O)[C@H](O)C3NC(C)=O)[C@H](O[C@@H]3OC(CO)[C@@H](O[C@@H]4OC(CO)[C@H](O)[C@H](O[C@]5(C(=O)O)CC(O)[C@@H](NC(C)=O)C([C@H](O)[C@H](O)CO)O5)C4O)[C@H](O)C3NC(C)=O)C2O)[C@H](O)C1O)[C@H](O)/C=C/CCCCCCCCCCCCC. The van der Waals surface area contributed by atoms with Gasteiger partial charge in [0.05, 0.1) is 70.5 Å². The lowest BCUT2D eigenvalue weighted by Crippen LogP contribution is -2.72. The van der Waals surface area contributed by atoms with Crippen LogP contribution in [0.1, 0.15) is 247 Å². The van der Waals surface area contributed by atoms with Crippen LogP contribution in [0.5, 0.6) is 0 Å². The zero-order chi connectivity index (χ0) is 93.3. The lowest BCUT2D eigenvalue weighted by molar-refractivity contribution is -0.398. The first kappa shape index (κ1) is 111. The van der Waals surface area contributed by atoms with Gasteiger partial charge in [0.2, 0.25) is 23.6 Å². The molecular weight excluding hydrogens is 1680 g/mol. The molecule has 0 aromatic heterocycles. The summed E-state index contributed by atoms with van der Waals surface area (Å²) in [5.41, 5.74) is 0. The standard InChI is InChI=1S/C87H154N4O36/c1-6-8-10-12-14-16-18-20-21-22-23-24-25-26-27-29-31-33-35-37-39-41-62(104)91-53(54(101)40-38-36-34-32-30-28-19-17-15-13-11-9-7-2)49-116-83-72(111)71(110)76(60(47-96)120-83)123-85-74(113)80(77(61(48-97)121-85)124-81-64(89-51(4)99)69(108)67(106)57(44-93)117-81)125-82-65(90-52(5)100)70(109)75(59(46-95)119-82)122-84-73(112)79(68(107)58(45-94)118-84)127-87(86(114)115)42-55(102)63(88-50(3)98)78(126-87)66(105)56(103)43-92/h20-21,38,40,53-61,63-85,92-97,101-103,105-113H,6-19,22-37,39,41-49H2,1-5H3,(H,88,98)(H,89,99)(H,90,100)(H,91,104)(H,114,115)/b21-20-,40-38+/t53-,54+,55?,56+,57?,58?,59?,60?,61?,63+,64?,65?,66+,67-,68-,69+,70+,71+,72?,73?,74?,75+,76+,77-,78?,79-,80+,81-,82-,83+,84-,85-,87-/m0/s1. The lowest BCUT2D eigenvalue weighted by Gasteiger charge is -2.52.